The number of nitrogens with zero attached hydrogens (tertiary/aromatic N) is 3. The van der Waals surface area contributed by atoms with Crippen LogP contribution in [0, 0.1) is 17.8 Å². The zero-order chi connectivity index (χ0) is 47.8. The van der Waals surface area contributed by atoms with Gasteiger partial charge in [0.1, 0.15) is 35.6 Å². The topological polar surface area (TPSA) is 268 Å². The van der Waals surface area contributed by atoms with E-state index in [9.17, 15) is 54.0 Å². The van der Waals surface area contributed by atoms with Gasteiger partial charge in [-0.2, -0.15) is 0 Å². The number of carbonyl (C=O) groups excluding carboxylic acids is 7. The second kappa shape index (κ2) is 17.9. The SMILES string of the molecule is CNC(=O)C1CCC(CN2C(=O)CC(CC(=O)N3CCN4[C@H](O[C@@H]5[C@H](C)O[C@@H](O[C@H]6C[C@](O)(C(=O)CO)Cc7c(O)c8c(c(O)c76)C(=O)c6c(OC)cccc6C8=O)C[C@@H]54)[C@H]3OC)C2=O)CC1. The number of methoxy groups -OCH3 is 2. The van der Waals surface area contributed by atoms with Crippen molar-refractivity contribution in [2.45, 2.75) is 113 Å². The van der Waals surface area contributed by atoms with Crippen LogP contribution in [0.25, 0.3) is 0 Å². The molecule has 4 amide bonds. The molecule has 0 bridgehead atoms. The molecular formula is C47H56N4O16. The Morgan fingerprint density at radius 1 is 0.955 bits per heavy atom. The highest BCUT2D eigenvalue weighted by Crippen LogP contribution is 2.53. The lowest BCUT2D eigenvalue weighted by Crippen LogP contribution is -2.62. The summed E-state index contributed by atoms with van der Waals surface area (Å²) in [7, 11) is 4.37. The molecule has 2 aromatic rings. The minimum atomic E-state index is -2.32. The zero-order valence-corrected chi connectivity index (χ0v) is 37.7. The van der Waals surface area contributed by atoms with Crippen LogP contribution in [0.15, 0.2) is 18.2 Å². The Morgan fingerprint density at radius 3 is 2.37 bits per heavy atom. The molecule has 67 heavy (non-hydrogen) atoms. The van der Waals surface area contributed by atoms with Gasteiger partial charge in [-0.25, -0.2) is 0 Å². The molecule has 360 valence electrons. The largest absolute Gasteiger partial charge is 0.507 e. The maximum atomic E-state index is 14.1. The highest BCUT2D eigenvalue weighted by Gasteiger charge is 2.57. The number of aliphatic hydroxyl groups excluding tert-OH is 1. The molecule has 4 saturated heterocycles. The molecule has 5 fully saturated rings. The highest BCUT2D eigenvalue weighted by atomic mass is 16.7. The van der Waals surface area contributed by atoms with Gasteiger partial charge in [0.25, 0.3) is 0 Å². The maximum Gasteiger partial charge on any atom is 0.233 e. The van der Waals surface area contributed by atoms with Crippen molar-refractivity contribution in [2.75, 3.05) is 47.5 Å². The standard InChI is InChI=1S/C47H56N4O16/c1-21-42-27(49-12-13-50(45(64-4)46(49)67-42)31(54)14-24-15-32(55)51(44(24)61)19-22-8-10-23(11-9-22)43(60)48-2)16-33(65-21)66-29-18-47(62,30(53)20-52)17-26-35(29)41(59)37-36(39(26)57)38(56)25-6-5-7-28(63-3)34(25)40(37)58/h5-7,21-24,27,29,33,42,45-46,52,57,59,62H,8-20H2,1-4H3,(H,48,60)/t21-,22?,23?,24?,27-,29-,33-,42+,45+,46+,47-/m0/s1. The average Bonchev–Trinajstić information content (AvgIpc) is 3.83. The van der Waals surface area contributed by atoms with E-state index in [0.717, 1.165) is 12.8 Å². The van der Waals surface area contributed by atoms with E-state index >= 15 is 0 Å². The molecule has 20 nitrogen and oxygen atoms in total. The average molecular weight is 933 g/mol. The summed E-state index contributed by atoms with van der Waals surface area (Å²) in [5, 5.41) is 48.1. The van der Waals surface area contributed by atoms with Gasteiger partial charge >= 0.3 is 0 Å². The first kappa shape index (κ1) is 46.7. The van der Waals surface area contributed by atoms with E-state index in [-0.39, 0.29) is 95.8 Å². The first-order valence-electron chi connectivity index (χ1n) is 22.9. The van der Waals surface area contributed by atoms with Crippen molar-refractivity contribution in [3.05, 3.63) is 51.6 Å². The van der Waals surface area contributed by atoms with Gasteiger partial charge < -0.3 is 54.3 Å². The first-order chi connectivity index (χ1) is 32.0. The molecule has 0 aromatic heterocycles. The third-order valence-corrected chi connectivity index (χ3v) is 15.1. The summed E-state index contributed by atoms with van der Waals surface area (Å²) in [4.78, 5) is 98.8. The van der Waals surface area contributed by atoms with Gasteiger partial charge in [-0.3, -0.25) is 43.4 Å². The van der Waals surface area contributed by atoms with E-state index < -0.39 is 114 Å². The Bertz CT molecular complexity index is 2420. The van der Waals surface area contributed by atoms with Gasteiger partial charge in [0, 0.05) is 94.5 Å². The number of phenolic OH excluding ortho intramolecular Hbond substituents is 2. The van der Waals surface area contributed by atoms with E-state index in [2.05, 4.69) is 5.32 Å². The predicted octanol–water partition coefficient (Wildman–Crippen LogP) is 0.841. The number of aliphatic hydroxyl groups is 2. The monoisotopic (exact) mass is 932 g/mol. The number of phenols is 2. The van der Waals surface area contributed by atoms with Gasteiger partial charge in [-0.15, -0.1) is 0 Å². The number of Topliss-reactive ketones (excluding diaryl/α,β-unsaturated/α-hetero) is 1. The zero-order valence-electron chi connectivity index (χ0n) is 37.7. The number of aromatic hydroxyl groups is 2. The molecule has 9 atom stereocenters. The number of ether oxygens (including phenoxy) is 5. The second-order valence-corrected chi connectivity index (χ2v) is 18.8. The number of hydrogen-bond acceptors (Lipinski definition) is 17. The van der Waals surface area contributed by atoms with E-state index in [1.165, 1.54) is 42.2 Å². The molecule has 7 aliphatic rings. The lowest BCUT2D eigenvalue weighted by Gasteiger charge is -2.45. The summed E-state index contributed by atoms with van der Waals surface area (Å²) in [5.74, 6) is -5.82. The Morgan fingerprint density at radius 2 is 1.69 bits per heavy atom. The van der Waals surface area contributed by atoms with Gasteiger partial charge in [-0.1, -0.05) is 12.1 Å². The van der Waals surface area contributed by atoms with Crippen molar-refractivity contribution in [1.82, 2.24) is 20.0 Å². The molecule has 2 aromatic carbocycles. The fourth-order valence-electron chi connectivity index (χ4n) is 11.7. The molecule has 9 rings (SSSR count). The number of benzene rings is 2. The number of imide groups is 1. The van der Waals surface area contributed by atoms with Gasteiger partial charge in [0.05, 0.1) is 41.9 Å². The van der Waals surface area contributed by atoms with Crippen molar-refractivity contribution in [3.8, 4) is 17.2 Å². The summed E-state index contributed by atoms with van der Waals surface area (Å²) in [6.07, 6.45) is -3.88. The Hall–Kier alpha value is -5.35. The summed E-state index contributed by atoms with van der Waals surface area (Å²) in [6.45, 7) is 1.47. The molecular weight excluding hydrogens is 877 g/mol. The molecule has 20 heteroatoms. The minimum Gasteiger partial charge on any atom is -0.507 e. The molecule has 0 spiro atoms. The van der Waals surface area contributed by atoms with Crippen LogP contribution >= 0.6 is 0 Å². The van der Waals surface area contributed by atoms with Crippen molar-refractivity contribution in [1.29, 1.82) is 0 Å². The van der Waals surface area contributed by atoms with Crippen LogP contribution in [-0.2, 0) is 49.3 Å². The first-order valence-corrected chi connectivity index (χ1v) is 22.9. The summed E-state index contributed by atoms with van der Waals surface area (Å²) in [6, 6.07) is 3.97. The number of piperazine rings is 1. The lowest BCUT2D eigenvalue weighted by atomic mass is 9.72. The number of likely N-dealkylation sites (tertiary alicyclic amines) is 1. The number of carbonyl (C=O) groups is 7. The van der Waals surface area contributed by atoms with Gasteiger partial charge in [0.15, 0.2) is 30.3 Å². The third kappa shape index (κ3) is 7.79. The van der Waals surface area contributed by atoms with Crippen LogP contribution in [0.4, 0.5) is 0 Å². The van der Waals surface area contributed by atoms with Gasteiger partial charge in [0.2, 0.25) is 29.4 Å². The van der Waals surface area contributed by atoms with Crippen molar-refractivity contribution < 1.29 is 77.7 Å². The smallest absolute Gasteiger partial charge is 0.233 e. The van der Waals surface area contributed by atoms with E-state index in [1.54, 1.807) is 14.0 Å². The van der Waals surface area contributed by atoms with E-state index in [4.69, 9.17) is 23.7 Å². The Kier molecular flexibility index (Phi) is 12.5. The number of ketones is 3. The Balaban J connectivity index is 0.909. The van der Waals surface area contributed by atoms with Crippen LogP contribution < -0.4 is 10.1 Å². The van der Waals surface area contributed by atoms with Crippen LogP contribution in [-0.4, -0.2) is 166 Å². The quantitative estimate of drug-likeness (QED) is 0.132. The minimum absolute atomic E-state index is 0.00236. The number of amides is 4. The molecule has 1 unspecified atom stereocenters. The van der Waals surface area contributed by atoms with Crippen LogP contribution in [0.2, 0.25) is 0 Å². The van der Waals surface area contributed by atoms with Crippen LogP contribution in [0.1, 0.15) is 107 Å². The lowest BCUT2D eigenvalue weighted by molar-refractivity contribution is -0.248. The highest BCUT2D eigenvalue weighted by molar-refractivity contribution is 6.31. The van der Waals surface area contributed by atoms with Crippen molar-refractivity contribution in [3.63, 3.8) is 0 Å². The molecule has 1 saturated carbocycles. The maximum absolute atomic E-state index is 14.1. The van der Waals surface area contributed by atoms with Crippen molar-refractivity contribution >= 4 is 41.0 Å². The van der Waals surface area contributed by atoms with E-state index in [0.29, 0.717) is 19.4 Å². The number of nitrogens with one attached hydrogen (secondary N) is 1. The Labute approximate surface area is 385 Å². The third-order valence-electron chi connectivity index (χ3n) is 15.1. The molecule has 5 N–H and O–H groups in total. The summed E-state index contributed by atoms with van der Waals surface area (Å²) < 4.78 is 30.7. The summed E-state index contributed by atoms with van der Waals surface area (Å²) >= 11 is 0. The fraction of sp³-hybridized carbons (Fsp3) is 0.596. The summed E-state index contributed by atoms with van der Waals surface area (Å²) in [5.41, 5.74) is -3.86. The van der Waals surface area contributed by atoms with Gasteiger partial charge in [-0.05, 0) is 44.6 Å². The number of fused-ring (bicyclic) bond motifs is 6. The molecule has 0 radical (unpaired) electrons. The predicted molar refractivity (Wildman–Crippen MR) is 228 cm³/mol. The van der Waals surface area contributed by atoms with Crippen molar-refractivity contribution in [2.24, 2.45) is 17.8 Å². The fourth-order valence-corrected chi connectivity index (χ4v) is 11.7. The molecule has 4 aliphatic heterocycles. The normalized spacial score (nSPS) is 32.6. The van der Waals surface area contributed by atoms with Crippen LogP contribution in [0.5, 0.6) is 17.2 Å². The van der Waals surface area contributed by atoms with Crippen LogP contribution in [0.3, 0.4) is 0 Å². The second-order valence-electron chi connectivity index (χ2n) is 18.8. The molecule has 3 aliphatic carbocycles. The molecule has 4 heterocycles. The van der Waals surface area contributed by atoms with E-state index in [1.807, 2.05) is 4.90 Å². The number of rotatable bonds is 11. The number of hydrogen-bond donors (Lipinski definition) is 5.